The number of amides is 1. The number of anilines is 1. The summed E-state index contributed by atoms with van der Waals surface area (Å²) in [7, 11) is 0. The minimum absolute atomic E-state index is 0.166. The van der Waals surface area contributed by atoms with Gasteiger partial charge in [-0.25, -0.2) is 9.67 Å². The molecule has 0 bridgehead atoms. The van der Waals surface area contributed by atoms with Gasteiger partial charge in [-0.15, -0.1) is 11.6 Å². The molecule has 19 heavy (non-hydrogen) atoms. The summed E-state index contributed by atoms with van der Waals surface area (Å²) >= 11 is 5.91. The first-order valence-corrected chi connectivity index (χ1v) is 6.36. The van der Waals surface area contributed by atoms with Gasteiger partial charge >= 0.3 is 0 Å². The summed E-state index contributed by atoms with van der Waals surface area (Å²) in [4.78, 5) is 17.6. The van der Waals surface area contributed by atoms with Gasteiger partial charge in [0.1, 0.15) is 24.7 Å². The van der Waals surface area contributed by atoms with E-state index >= 15 is 0 Å². The monoisotopic (exact) mass is 278 g/mol. The molecule has 1 aromatic heterocycles. The predicted octanol–water partition coefficient (Wildman–Crippen LogP) is 2.20. The Bertz CT molecular complexity index is 536. The maximum atomic E-state index is 12.2. The van der Waals surface area contributed by atoms with E-state index in [1.54, 1.807) is 22.8 Å². The van der Waals surface area contributed by atoms with Crippen molar-refractivity contribution >= 4 is 23.2 Å². The second kappa shape index (κ2) is 5.84. The molecule has 2 aromatic rings. The van der Waals surface area contributed by atoms with Gasteiger partial charge in [-0.1, -0.05) is 17.7 Å². The highest BCUT2D eigenvalue weighted by atomic mass is 35.5. The number of halogens is 1. The van der Waals surface area contributed by atoms with Crippen LogP contribution in [0.25, 0.3) is 0 Å². The number of carbonyl (C=O) groups is 1. The van der Waals surface area contributed by atoms with Crippen molar-refractivity contribution < 1.29 is 4.79 Å². The Kier molecular flexibility index (Phi) is 4.16. The molecular formula is C13H15ClN4O. The molecule has 0 N–H and O–H groups in total. The van der Waals surface area contributed by atoms with Crippen LogP contribution in [0.1, 0.15) is 12.5 Å². The van der Waals surface area contributed by atoms with Crippen molar-refractivity contribution in [2.24, 2.45) is 0 Å². The van der Waals surface area contributed by atoms with Crippen LogP contribution in [0.15, 0.2) is 36.9 Å². The zero-order valence-corrected chi connectivity index (χ0v) is 11.6. The second-order valence-corrected chi connectivity index (χ2v) is 4.95. The van der Waals surface area contributed by atoms with Gasteiger partial charge in [0.15, 0.2) is 0 Å². The number of alkyl halides is 1. The van der Waals surface area contributed by atoms with Crippen LogP contribution in [0.3, 0.4) is 0 Å². The smallest absolute Gasteiger partial charge is 0.246 e. The van der Waals surface area contributed by atoms with E-state index in [0.717, 1.165) is 11.3 Å². The third-order valence-corrected chi connectivity index (χ3v) is 2.89. The minimum Gasteiger partial charge on any atom is -0.291 e. The van der Waals surface area contributed by atoms with Gasteiger partial charge in [0.25, 0.3) is 0 Å². The van der Waals surface area contributed by atoms with Crippen molar-refractivity contribution in [1.29, 1.82) is 0 Å². The highest BCUT2D eigenvalue weighted by Gasteiger charge is 2.20. The maximum absolute atomic E-state index is 12.2. The van der Waals surface area contributed by atoms with Gasteiger partial charge in [-0.2, -0.15) is 5.10 Å². The number of rotatable bonds is 4. The molecule has 0 saturated heterocycles. The van der Waals surface area contributed by atoms with Crippen LogP contribution in [-0.2, 0) is 11.5 Å². The summed E-state index contributed by atoms with van der Waals surface area (Å²) in [5.74, 6) is -0.166. The zero-order valence-electron chi connectivity index (χ0n) is 10.8. The van der Waals surface area contributed by atoms with E-state index < -0.39 is 5.38 Å². The maximum Gasteiger partial charge on any atom is 0.246 e. The Morgan fingerprint density at radius 1 is 1.42 bits per heavy atom. The third-order valence-electron chi connectivity index (χ3n) is 2.70. The molecule has 5 nitrogen and oxygen atoms in total. The van der Waals surface area contributed by atoms with Crippen molar-refractivity contribution in [2.45, 2.75) is 25.9 Å². The van der Waals surface area contributed by atoms with Gasteiger partial charge in [-0.05, 0) is 26.0 Å². The van der Waals surface area contributed by atoms with Crippen molar-refractivity contribution in [3.05, 3.63) is 42.5 Å². The van der Waals surface area contributed by atoms with E-state index in [9.17, 15) is 4.79 Å². The number of aryl methyl sites for hydroxylation is 1. The molecule has 0 radical (unpaired) electrons. The highest BCUT2D eigenvalue weighted by Crippen LogP contribution is 2.18. The van der Waals surface area contributed by atoms with Crippen LogP contribution < -0.4 is 4.90 Å². The Balaban J connectivity index is 2.28. The first-order valence-electron chi connectivity index (χ1n) is 5.92. The molecule has 0 aliphatic heterocycles. The van der Waals surface area contributed by atoms with E-state index in [1.807, 2.05) is 31.2 Å². The largest absolute Gasteiger partial charge is 0.291 e. The fourth-order valence-corrected chi connectivity index (χ4v) is 1.79. The molecule has 1 atom stereocenters. The van der Waals surface area contributed by atoms with Crippen LogP contribution >= 0.6 is 11.6 Å². The van der Waals surface area contributed by atoms with Crippen LogP contribution in [-0.4, -0.2) is 26.0 Å². The van der Waals surface area contributed by atoms with Crippen LogP contribution in [0, 0.1) is 6.92 Å². The second-order valence-electron chi connectivity index (χ2n) is 4.29. The summed E-state index contributed by atoms with van der Waals surface area (Å²) in [5.41, 5.74) is 1.93. The number of carbonyl (C=O) groups excluding carboxylic acids is 1. The van der Waals surface area contributed by atoms with E-state index in [2.05, 4.69) is 10.1 Å². The van der Waals surface area contributed by atoms with Crippen molar-refractivity contribution in [2.75, 3.05) is 4.90 Å². The average Bonchev–Trinajstić information content (AvgIpc) is 2.89. The number of benzene rings is 1. The lowest BCUT2D eigenvalue weighted by molar-refractivity contribution is -0.118. The Morgan fingerprint density at radius 3 is 2.63 bits per heavy atom. The van der Waals surface area contributed by atoms with Gasteiger partial charge < -0.3 is 0 Å². The molecule has 0 aliphatic rings. The fourth-order valence-electron chi connectivity index (χ4n) is 1.67. The van der Waals surface area contributed by atoms with E-state index in [1.165, 1.54) is 6.33 Å². The molecule has 0 spiro atoms. The topological polar surface area (TPSA) is 51.0 Å². The first kappa shape index (κ1) is 13.5. The lowest BCUT2D eigenvalue weighted by Crippen LogP contribution is -2.37. The molecule has 0 saturated carbocycles. The Hall–Kier alpha value is -1.88. The molecule has 100 valence electrons. The SMILES string of the molecule is Cc1ccc(N(Cn2cncn2)C(=O)C(C)Cl)cc1. The number of hydrogen-bond donors (Lipinski definition) is 0. The number of nitrogens with zero attached hydrogens (tertiary/aromatic N) is 4. The Morgan fingerprint density at radius 2 is 2.11 bits per heavy atom. The van der Waals surface area contributed by atoms with Gasteiger partial charge in [0, 0.05) is 5.69 Å². The molecule has 6 heteroatoms. The summed E-state index contributed by atoms with van der Waals surface area (Å²) in [6, 6.07) is 7.69. The molecular weight excluding hydrogens is 264 g/mol. The fraction of sp³-hybridized carbons (Fsp3) is 0.308. The molecule has 0 fully saturated rings. The van der Waals surface area contributed by atoms with Gasteiger partial charge in [0.2, 0.25) is 5.91 Å². The van der Waals surface area contributed by atoms with Crippen molar-refractivity contribution in [3.8, 4) is 0 Å². The first-order chi connectivity index (χ1) is 9.08. The summed E-state index contributed by atoms with van der Waals surface area (Å²) < 4.78 is 1.58. The number of aromatic nitrogens is 3. The van der Waals surface area contributed by atoms with Gasteiger partial charge in [0.05, 0.1) is 0 Å². The molecule has 0 aliphatic carbocycles. The molecule has 1 amide bonds. The van der Waals surface area contributed by atoms with Crippen LogP contribution in [0.2, 0.25) is 0 Å². The Labute approximate surface area is 116 Å². The van der Waals surface area contributed by atoms with Crippen molar-refractivity contribution in [1.82, 2.24) is 14.8 Å². The normalized spacial score (nSPS) is 12.2. The number of hydrogen-bond acceptors (Lipinski definition) is 3. The predicted molar refractivity (Wildman–Crippen MR) is 74.0 cm³/mol. The minimum atomic E-state index is -0.593. The third kappa shape index (κ3) is 3.32. The molecule has 2 rings (SSSR count). The van der Waals surface area contributed by atoms with E-state index in [0.29, 0.717) is 6.67 Å². The summed E-state index contributed by atoms with van der Waals surface area (Å²) in [6.07, 6.45) is 3.00. The molecule has 1 unspecified atom stereocenters. The van der Waals surface area contributed by atoms with Crippen molar-refractivity contribution in [3.63, 3.8) is 0 Å². The summed E-state index contributed by atoms with van der Waals surface area (Å²) in [5, 5.41) is 3.42. The highest BCUT2D eigenvalue weighted by molar-refractivity contribution is 6.32. The standard InChI is InChI=1S/C13H15ClN4O/c1-10-3-5-12(6-4-10)18(13(19)11(2)14)9-17-8-15-7-16-17/h3-8,11H,9H2,1-2H3. The molecule has 1 heterocycles. The van der Waals surface area contributed by atoms with Crippen LogP contribution in [0.4, 0.5) is 5.69 Å². The van der Waals surface area contributed by atoms with E-state index in [4.69, 9.17) is 11.6 Å². The van der Waals surface area contributed by atoms with Gasteiger partial charge in [-0.3, -0.25) is 9.69 Å². The lowest BCUT2D eigenvalue weighted by atomic mass is 10.2. The van der Waals surface area contributed by atoms with Crippen LogP contribution in [0.5, 0.6) is 0 Å². The zero-order chi connectivity index (χ0) is 13.8. The average molecular weight is 279 g/mol. The quantitative estimate of drug-likeness (QED) is 0.806. The summed E-state index contributed by atoms with van der Waals surface area (Å²) in [6.45, 7) is 3.95. The van der Waals surface area contributed by atoms with E-state index in [-0.39, 0.29) is 5.91 Å². The molecule has 1 aromatic carbocycles. The lowest BCUT2D eigenvalue weighted by Gasteiger charge is -2.23.